The summed E-state index contributed by atoms with van der Waals surface area (Å²) in [6, 6.07) is 12.6. The lowest BCUT2D eigenvalue weighted by atomic mass is 10.0. The average Bonchev–Trinajstić information content (AvgIpc) is 2.38. The zero-order valence-corrected chi connectivity index (χ0v) is 12.6. The number of hydrogen-bond acceptors (Lipinski definition) is 0. The van der Waals surface area contributed by atoms with E-state index in [1.54, 1.807) is 6.07 Å². The lowest BCUT2D eigenvalue weighted by Gasteiger charge is -2.12. The van der Waals surface area contributed by atoms with E-state index in [0.717, 1.165) is 23.3 Å². The number of alkyl halides is 4. The van der Waals surface area contributed by atoms with E-state index in [1.165, 1.54) is 12.1 Å². The molecule has 0 saturated heterocycles. The van der Waals surface area contributed by atoms with Gasteiger partial charge >= 0.3 is 6.18 Å². The van der Waals surface area contributed by atoms with Crippen molar-refractivity contribution in [3.05, 3.63) is 70.2 Å². The highest BCUT2D eigenvalue weighted by Crippen LogP contribution is 2.31. The first-order valence-corrected chi connectivity index (χ1v) is 7.21. The second-order valence-corrected chi connectivity index (χ2v) is 5.96. The fraction of sp³-hybridized carbons (Fsp3) is 0.200. The number of hydrogen-bond donors (Lipinski definition) is 0. The van der Waals surface area contributed by atoms with Crippen molar-refractivity contribution in [3.8, 4) is 0 Å². The predicted molar refractivity (Wildman–Crippen MR) is 78.3 cm³/mol. The largest absolute Gasteiger partial charge is 0.416 e. The van der Waals surface area contributed by atoms with Crippen molar-refractivity contribution in [3.63, 3.8) is 0 Å². The van der Waals surface area contributed by atoms with E-state index in [1.807, 2.05) is 18.2 Å². The Morgan fingerprint density at radius 3 is 2.25 bits per heavy atom. The van der Waals surface area contributed by atoms with Crippen LogP contribution >= 0.6 is 27.5 Å². The third kappa shape index (κ3) is 4.00. The maximum Gasteiger partial charge on any atom is 0.416 e. The van der Waals surface area contributed by atoms with Gasteiger partial charge < -0.3 is 0 Å². The minimum Gasteiger partial charge on any atom is -0.166 e. The molecule has 1 atom stereocenters. The van der Waals surface area contributed by atoms with E-state index < -0.39 is 11.7 Å². The van der Waals surface area contributed by atoms with Crippen molar-refractivity contribution in [2.24, 2.45) is 0 Å². The van der Waals surface area contributed by atoms with Gasteiger partial charge in [-0.1, -0.05) is 51.8 Å². The average molecular weight is 364 g/mol. The molecule has 0 fully saturated rings. The van der Waals surface area contributed by atoms with Crippen LogP contribution in [0.3, 0.4) is 0 Å². The Morgan fingerprint density at radius 2 is 1.70 bits per heavy atom. The Kier molecular flexibility index (Phi) is 4.76. The van der Waals surface area contributed by atoms with Crippen LogP contribution in [-0.2, 0) is 12.6 Å². The van der Waals surface area contributed by atoms with Gasteiger partial charge in [0.05, 0.1) is 5.56 Å². The molecule has 0 aromatic heterocycles. The Hall–Kier alpha value is -1.00. The number of halogens is 5. The van der Waals surface area contributed by atoms with E-state index in [9.17, 15) is 13.2 Å². The van der Waals surface area contributed by atoms with Crippen LogP contribution in [0, 0.1) is 0 Å². The second-order valence-electron chi connectivity index (χ2n) is 4.42. The van der Waals surface area contributed by atoms with Crippen LogP contribution in [0.4, 0.5) is 13.2 Å². The quantitative estimate of drug-likeness (QED) is 0.583. The van der Waals surface area contributed by atoms with Gasteiger partial charge in [0.1, 0.15) is 0 Å². The SMILES string of the molecule is FC(F)(F)c1ccc(CC(Br)c2cccc(Cl)c2)cc1. The topological polar surface area (TPSA) is 0 Å². The van der Waals surface area contributed by atoms with Gasteiger partial charge in [0.2, 0.25) is 0 Å². The fourth-order valence-electron chi connectivity index (χ4n) is 1.86. The molecule has 0 spiro atoms. The Bertz CT molecular complexity index is 578. The second kappa shape index (κ2) is 6.19. The van der Waals surface area contributed by atoms with E-state index >= 15 is 0 Å². The first-order valence-electron chi connectivity index (χ1n) is 5.92. The molecule has 0 amide bonds. The van der Waals surface area contributed by atoms with Crippen LogP contribution in [0.1, 0.15) is 21.5 Å². The highest BCUT2D eigenvalue weighted by molar-refractivity contribution is 9.09. The summed E-state index contributed by atoms with van der Waals surface area (Å²) in [7, 11) is 0. The van der Waals surface area contributed by atoms with E-state index in [2.05, 4.69) is 15.9 Å². The predicted octanol–water partition coefficient (Wildman–Crippen LogP) is 6.04. The molecule has 2 aromatic carbocycles. The van der Waals surface area contributed by atoms with Crippen LogP contribution in [-0.4, -0.2) is 0 Å². The molecular weight excluding hydrogens is 353 g/mol. The molecular formula is C15H11BrClF3. The van der Waals surface area contributed by atoms with Crippen LogP contribution in [0.25, 0.3) is 0 Å². The summed E-state index contributed by atoms with van der Waals surface area (Å²) in [4.78, 5) is 0.0120. The first kappa shape index (κ1) is 15.4. The zero-order chi connectivity index (χ0) is 14.8. The highest BCUT2D eigenvalue weighted by Gasteiger charge is 2.29. The molecule has 0 aliphatic rings. The molecule has 20 heavy (non-hydrogen) atoms. The van der Waals surface area contributed by atoms with E-state index in [4.69, 9.17) is 11.6 Å². The van der Waals surface area contributed by atoms with Crippen LogP contribution in [0.2, 0.25) is 5.02 Å². The Balaban J connectivity index is 2.10. The summed E-state index contributed by atoms with van der Waals surface area (Å²) in [5.41, 5.74) is 1.20. The number of rotatable bonds is 3. The molecule has 0 aliphatic carbocycles. The van der Waals surface area contributed by atoms with Crippen molar-refractivity contribution >= 4 is 27.5 Å². The van der Waals surface area contributed by atoms with Crippen LogP contribution in [0.15, 0.2) is 48.5 Å². The van der Waals surface area contributed by atoms with Crippen molar-refractivity contribution in [2.45, 2.75) is 17.4 Å². The number of benzene rings is 2. The van der Waals surface area contributed by atoms with Crippen molar-refractivity contribution < 1.29 is 13.2 Å². The summed E-state index contributed by atoms with van der Waals surface area (Å²) in [5.74, 6) is 0. The molecule has 5 heteroatoms. The van der Waals surface area contributed by atoms with Crippen LogP contribution < -0.4 is 0 Å². The zero-order valence-electron chi connectivity index (χ0n) is 10.3. The normalized spacial score (nSPS) is 13.2. The molecule has 106 valence electrons. The third-order valence-corrected chi connectivity index (χ3v) is 3.99. The first-order chi connectivity index (χ1) is 9.36. The lowest BCUT2D eigenvalue weighted by molar-refractivity contribution is -0.137. The molecule has 0 N–H and O–H groups in total. The Labute approximate surface area is 128 Å². The van der Waals surface area contributed by atoms with Crippen molar-refractivity contribution in [1.29, 1.82) is 0 Å². The van der Waals surface area contributed by atoms with Gasteiger partial charge in [-0.2, -0.15) is 13.2 Å². The lowest BCUT2D eigenvalue weighted by Crippen LogP contribution is -2.05. The molecule has 0 saturated carbocycles. The summed E-state index contributed by atoms with van der Waals surface area (Å²) < 4.78 is 37.4. The van der Waals surface area contributed by atoms with E-state index in [0.29, 0.717) is 11.4 Å². The Morgan fingerprint density at radius 1 is 1.05 bits per heavy atom. The van der Waals surface area contributed by atoms with Crippen LogP contribution in [0.5, 0.6) is 0 Å². The summed E-state index contributed by atoms with van der Waals surface area (Å²) >= 11 is 9.45. The van der Waals surface area contributed by atoms with Gasteiger partial charge in [0.25, 0.3) is 0 Å². The van der Waals surface area contributed by atoms with Gasteiger partial charge in [-0.3, -0.25) is 0 Å². The minimum absolute atomic E-state index is 0.0120. The molecule has 0 bridgehead atoms. The molecule has 0 aliphatic heterocycles. The molecule has 0 nitrogen and oxygen atoms in total. The maximum atomic E-state index is 12.5. The minimum atomic E-state index is -4.29. The molecule has 1 unspecified atom stereocenters. The highest BCUT2D eigenvalue weighted by atomic mass is 79.9. The van der Waals surface area contributed by atoms with Crippen molar-refractivity contribution in [2.75, 3.05) is 0 Å². The van der Waals surface area contributed by atoms with Crippen molar-refractivity contribution in [1.82, 2.24) is 0 Å². The monoisotopic (exact) mass is 362 g/mol. The molecule has 0 radical (unpaired) electrons. The van der Waals surface area contributed by atoms with Gasteiger partial charge in [-0.25, -0.2) is 0 Å². The molecule has 2 aromatic rings. The van der Waals surface area contributed by atoms with Gasteiger partial charge in [0.15, 0.2) is 0 Å². The van der Waals surface area contributed by atoms with E-state index in [-0.39, 0.29) is 4.83 Å². The summed E-state index contributed by atoms with van der Waals surface area (Å²) in [6.45, 7) is 0. The van der Waals surface area contributed by atoms with Gasteiger partial charge in [-0.05, 0) is 41.8 Å². The summed E-state index contributed by atoms with van der Waals surface area (Å²) in [5, 5.41) is 0.638. The van der Waals surface area contributed by atoms with Gasteiger partial charge in [-0.15, -0.1) is 0 Å². The molecule has 0 heterocycles. The standard InChI is InChI=1S/C15H11BrClF3/c16-14(11-2-1-3-13(17)9-11)8-10-4-6-12(7-5-10)15(18,19)20/h1-7,9,14H,8H2. The smallest absolute Gasteiger partial charge is 0.166 e. The fourth-order valence-corrected chi connectivity index (χ4v) is 2.71. The third-order valence-electron chi connectivity index (χ3n) is 2.91. The van der Waals surface area contributed by atoms with Gasteiger partial charge in [0, 0.05) is 9.85 Å². The molecule has 2 rings (SSSR count). The maximum absolute atomic E-state index is 12.5. The summed E-state index contributed by atoms with van der Waals surface area (Å²) in [6.07, 6.45) is -3.70.